The normalized spacial score (nSPS) is 11.7. The first-order valence-electron chi connectivity index (χ1n) is 3.89. The van der Waals surface area contributed by atoms with E-state index in [1.54, 1.807) is 30.3 Å². The first-order chi connectivity index (χ1) is 6.66. The molecular formula is C10H9NO3. The van der Waals surface area contributed by atoms with Gasteiger partial charge in [-0.1, -0.05) is 30.3 Å². The van der Waals surface area contributed by atoms with Gasteiger partial charge in [0.25, 0.3) is 0 Å². The molecule has 4 heteroatoms. The van der Waals surface area contributed by atoms with E-state index in [4.69, 9.17) is 10.5 Å². The van der Waals surface area contributed by atoms with Crippen molar-refractivity contribution in [2.45, 2.75) is 0 Å². The lowest BCUT2D eigenvalue weighted by atomic mass is 10.1. The average molecular weight is 191 g/mol. The Morgan fingerprint density at radius 2 is 1.79 bits per heavy atom. The first kappa shape index (κ1) is 9.98. The highest BCUT2D eigenvalue weighted by Gasteiger charge is 2.12. The second-order valence-electron chi connectivity index (χ2n) is 2.58. The van der Waals surface area contributed by atoms with E-state index >= 15 is 0 Å². The molecule has 0 aromatic heterocycles. The predicted molar refractivity (Wildman–Crippen MR) is 52.4 cm³/mol. The van der Waals surface area contributed by atoms with Crippen LogP contribution in [0.1, 0.15) is 5.56 Å². The minimum absolute atomic E-state index is 0.383. The molecule has 0 spiro atoms. The highest BCUT2D eigenvalue weighted by atomic mass is 16.4. The third-order valence-corrected chi connectivity index (χ3v) is 1.68. The molecule has 0 aliphatic heterocycles. The van der Waals surface area contributed by atoms with Crippen molar-refractivity contribution in [1.29, 1.82) is 5.41 Å². The fraction of sp³-hybridized carbons (Fsp3) is 0. The van der Waals surface area contributed by atoms with Gasteiger partial charge in [0, 0.05) is 11.8 Å². The SMILES string of the molecule is N=CC(C(=O)O)=C(O)c1ccccc1. The molecule has 0 amide bonds. The molecule has 72 valence electrons. The summed E-state index contributed by atoms with van der Waals surface area (Å²) >= 11 is 0. The van der Waals surface area contributed by atoms with Crippen molar-refractivity contribution >= 4 is 17.9 Å². The van der Waals surface area contributed by atoms with Gasteiger partial charge in [-0.25, -0.2) is 4.79 Å². The molecule has 0 radical (unpaired) electrons. The Bertz CT molecular complexity index is 382. The highest BCUT2D eigenvalue weighted by molar-refractivity contribution is 6.13. The Kier molecular flexibility index (Phi) is 3.01. The van der Waals surface area contributed by atoms with Gasteiger partial charge < -0.3 is 15.6 Å². The van der Waals surface area contributed by atoms with E-state index in [-0.39, 0.29) is 0 Å². The molecule has 0 fully saturated rings. The van der Waals surface area contributed by atoms with Gasteiger partial charge in [-0.15, -0.1) is 0 Å². The molecule has 1 aromatic rings. The maximum absolute atomic E-state index is 10.6. The Morgan fingerprint density at radius 1 is 1.21 bits per heavy atom. The maximum atomic E-state index is 10.6. The van der Waals surface area contributed by atoms with Crippen LogP contribution in [-0.2, 0) is 4.79 Å². The van der Waals surface area contributed by atoms with Crippen LogP contribution in [0.2, 0.25) is 0 Å². The Morgan fingerprint density at radius 3 is 2.21 bits per heavy atom. The van der Waals surface area contributed by atoms with E-state index in [0.29, 0.717) is 11.8 Å². The van der Waals surface area contributed by atoms with Crippen LogP contribution in [-0.4, -0.2) is 22.4 Å². The van der Waals surface area contributed by atoms with E-state index in [1.165, 1.54) is 0 Å². The van der Waals surface area contributed by atoms with E-state index < -0.39 is 17.3 Å². The number of aliphatic hydroxyl groups excluding tert-OH is 1. The van der Waals surface area contributed by atoms with Gasteiger partial charge in [0.2, 0.25) is 0 Å². The molecular weight excluding hydrogens is 182 g/mol. The summed E-state index contributed by atoms with van der Waals surface area (Å²) in [5.74, 6) is -1.71. The lowest BCUT2D eigenvalue weighted by molar-refractivity contribution is -0.132. The molecule has 0 bridgehead atoms. The Balaban J connectivity index is 3.21. The smallest absolute Gasteiger partial charge is 0.341 e. The number of aliphatic carboxylic acids is 1. The van der Waals surface area contributed by atoms with Gasteiger partial charge in [-0.05, 0) is 0 Å². The summed E-state index contributed by atoms with van der Waals surface area (Å²) in [6.07, 6.45) is 0.616. The van der Waals surface area contributed by atoms with Crippen molar-refractivity contribution in [1.82, 2.24) is 0 Å². The molecule has 0 saturated heterocycles. The first-order valence-corrected chi connectivity index (χ1v) is 3.89. The molecule has 0 saturated carbocycles. The second kappa shape index (κ2) is 4.23. The fourth-order valence-corrected chi connectivity index (χ4v) is 0.983. The molecule has 3 N–H and O–H groups in total. The third kappa shape index (κ3) is 1.98. The van der Waals surface area contributed by atoms with E-state index in [9.17, 15) is 9.90 Å². The third-order valence-electron chi connectivity index (χ3n) is 1.68. The van der Waals surface area contributed by atoms with Crippen molar-refractivity contribution in [3.05, 3.63) is 41.5 Å². The molecule has 4 nitrogen and oxygen atoms in total. The monoisotopic (exact) mass is 191 g/mol. The van der Waals surface area contributed by atoms with Crippen molar-refractivity contribution in [3.63, 3.8) is 0 Å². The van der Waals surface area contributed by atoms with E-state index in [0.717, 1.165) is 0 Å². The van der Waals surface area contributed by atoms with Crippen LogP contribution in [0.25, 0.3) is 5.76 Å². The minimum Gasteiger partial charge on any atom is -0.506 e. The summed E-state index contributed by atoms with van der Waals surface area (Å²) in [6, 6.07) is 8.25. The van der Waals surface area contributed by atoms with Gasteiger partial charge in [-0.3, -0.25) is 0 Å². The maximum Gasteiger partial charge on any atom is 0.341 e. The van der Waals surface area contributed by atoms with Gasteiger partial charge in [0.1, 0.15) is 11.3 Å². The number of carboxylic acids is 1. The fourth-order valence-electron chi connectivity index (χ4n) is 0.983. The molecule has 0 heterocycles. The number of rotatable bonds is 3. The zero-order chi connectivity index (χ0) is 10.6. The Hall–Kier alpha value is -2.10. The van der Waals surface area contributed by atoms with Crippen LogP contribution in [0, 0.1) is 5.41 Å². The van der Waals surface area contributed by atoms with Crippen LogP contribution in [0.3, 0.4) is 0 Å². The van der Waals surface area contributed by atoms with E-state index in [2.05, 4.69) is 0 Å². The number of aliphatic hydroxyl groups is 1. The standard InChI is InChI=1S/C10H9NO3/c11-6-8(10(13)14)9(12)7-4-2-1-3-5-7/h1-6,11-12H,(H,13,14). The molecule has 0 atom stereocenters. The van der Waals surface area contributed by atoms with Crippen LogP contribution >= 0.6 is 0 Å². The van der Waals surface area contributed by atoms with Crippen LogP contribution in [0.5, 0.6) is 0 Å². The molecule has 0 aliphatic rings. The second-order valence-corrected chi connectivity index (χ2v) is 2.58. The lowest BCUT2D eigenvalue weighted by Crippen LogP contribution is -2.04. The molecule has 0 aliphatic carbocycles. The summed E-state index contributed by atoms with van der Waals surface area (Å²) in [6.45, 7) is 0. The number of hydrogen-bond acceptors (Lipinski definition) is 3. The van der Waals surface area contributed by atoms with Gasteiger partial charge in [0.15, 0.2) is 0 Å². The molecule has 1 rings (SSSR count). The van der Waals surface area contributed by atoms with Gasteiger partial charge in [-0.2, -0.15) is 0 Å². The zero-order valence-electron chi connectivity index (χ0n) is 7.27. The number of carbonyl (C=O) groups is 1. The summed E-state index contributed by atoms with van der Waals surface area (Å²) in [5, 5.41) is 25.0. The van der Waals surface area contributed by atoms with E-state index in [1.807, 2.05) is 0 Å². The van der Waals surface area contributed by atoms with Gasteiger partial charge in [0.05, 0.1) is 0 Å². The Labute approximate surface area is 80.6 Å². The average Bonchev–Trinajstić information content (AvgIpc) is 2.19. The quantitative estimate of drug-likeness (QED) is 0.386. The van der Waals surface area contributed by atoms with Crippen LogP contribution in [0.4, 0.5) is 0 Å². The number of hydrogen-bond donors (Lipinski definition) is 3. The van der Waals surface area contributed by atoms with Crippen molar-refractivity contribution in [2.75, 3.05) is 0 Å². The zero-order valence-corrected chi connectivity index (χ0v) is 7.27. The van der Waals surface area contributed by atoms with Crippen molar-refractivity contribution < 1.29 is 15.0 Å². The topological polar surface area (TPSA) is 81.4 Å². The number of carboxylic acid groups (broad SMARTS) is 1. The van der Waals surface area contributed by atoms with Crippen LogP contribution < -0.4 is 0 Å². The lowest BCUT2D eigenvalue weighted by Gasteiger charge is -2.01. The summed E-state index contributed by atoms with van der Waals surface area (Å²) in [4.78, 5) is 10.6. The van der Waals surface area contributed by atoms with Gasteiger partial charge >= 0.3 is 5.97 Å². The highest BCUT2D eigenvalue weighted by Crippen LogP contribution is 2.14. The molecule has 1 aromatic carbocycles. The summed E-state index contributed by atoms with van der Waals surface area (Å²) < 4.78 is 0. The van der Waals surface area contributed by atoms with Crippen molar-refractivity contribution in [2.24, 2.45) is 0 Å². The summed E-state index contributed by atoms with van der Waals surface area (Å²) in [7, 11) is 0. The minimum atomic E-state index is -1.32. The molecule has 14 heavy (non-hydrogen) atoms. The largest absolute Gasteiger partial charge is 0.506 e. The predicted octanol–water partition coefficient (Wildman–Crippen LogP) is 1.69. The van der Waals surface area contributed by atoms with Crippen LogP contribution in [0.15, 0.2) is 35.9 Å². The number of nitrogens with one attached hydrogen (secondary N) is 1. The number of benzene rings is 1. The van der Waals surface area contributed by atoms with Crippen molar-refractivity contribution in [3.8, 4) is 0 Å². The summed E-state index contributed by atoms with van der Waals surface area (Å²) in [5.41, 5.74) is -0.0374. The molecule has 0 unspecified atom stereocenters.